The number of carbonyl (C=O) groups is 1. The molecule has 3 aromatic carbocycles. The summed E-state index contributed by atoms with van der Waals surface area (Å²) in [5, 5.41) is 13.5. The Labute approximate surface area is 238 Å². The van der Waals surface area contributed by atoms with E-state index >= 15 is 0 Å². The van der Waals surface area contributed by atoms with Crippen LogP contribution < -0.4 is 5.32 Å². The molecule has 0 saturated carbocycles. The van der Waals surface area contributed by atoms with E-state index in [0.717, 1.165) is 11.6 Å². The standard InChI is InChI=1S/C30H30ClF3N2O3S/c1-4-40(39)25-10-6-19(7-11-25)27(17-37)35-29(38)21-8-12-28-22(13-21)15-24(36(28)18(2)3)14-20-5-9-23(31)16-26(20)30(32,33)34/h5-13,15-16,18,27,37H,4,14,17H2,1-3H3,(H,35,38). The number of halogens is 4. The van der Waals surface area contributed by atoms with Crippen LogP contribution in [0, 0.1) is 0 Å². The molecule has 4 rings (SSSR count). The van der Waals surface area contributed by atoms with Crippen molar-refractivity contribution < 1.29 is 27.3 Å². The molecule has 2 unspecified atom stereocenters. The van der Waals surface area contributed by atoms with Crippen LogP contribution in [0.5, 0.6) is 0 Å². The number of aliphatic hydroxyl groups is 1. The van der Waals surface area contributed by atoms with Crippen LogP contribution in [0.4, 0.5) is 13.2 Å². The summed E-state index contributed by atoms with van der Waals surface area (Å²) in [6.45, 7) is 5.39. The quantitative estimate of drug-likeness (QED) is 0.219. The van der Waals surface area contributed by atoms with Gasteiger partial charge in [-0.25, -0.2) is 0 Å². The van der Waals surface area contributed by atoms with E-state index in [-0.39, 0.29) is 29.7 Å². The van der Waals surface area contributed by atoms with Crippen LogP contribution in [0.3, 0.4) is 0 Å². The SMILES string of the molecule is CCS(=O)c1ccc(C(CO)NC(=O)c2ccc3c(c2)cc(Cc2ccc(Cl)cc2C(F)(F)F)n3C(C)C)cc1. The zero-order valence-electron chi connectivity index (χ0n) is 22.3. The van der Waals surface area contributed by atoms with Gasteiger partial charge in [0.1, 0.15) is 0 Å². The summed E-state index contributed by atoms with van der Waals surface area (Å²) in [5.74, 6) is 0.0869. The lowest BCUT2D eigenvalue weighted by atomic mass is 10.0. The second-order valence-corrected chi connectivity index (χ2v) is 11.9. The number of carbonyl (C=O) groups excluding carboxylic acids is 1. The summed E-state index contributed by atoms with van der Waals surface area (Å²) in [6, 6.07) is 16.9. The molecule has 0 fully saturated rings. The highest BCUT2D eigenvalue weighted by molar-refractivity contribution is 7.85. The fourth-order valence-corrected chi connectivity index (χ4v) is 5.78. The Morgan fingerprint density at radius 2 is 1.75 bits per heavy atom. The molecule has 1 aromatic heterocycles. The largest absolute Gasteiger partial charge is 0.416 e. The third kappa shape index (κ3) is 6.43. The van der Waals surface area contributed by atoms with E-state index in [1.807, 2.05) is 25.3 Å². The average Bonchev–Trinajstić information content (AvgIpc) is 3.29. The van der Waals surface area contributed by atoms with Crippen molar-refractivity contribution in [2.45, 2.75) is 50.3 Å². The fourth-order valence-electron chi connectivity index (χ4n) is 4.84. The molecule has 0 aliphatic rings. The third-order valence-corrected chi connectivity index (χ3v) is 8.30. The molecule has 0 radical (unpaired) electrons. The van der Waals surface area contributed by atoms with Gasteiger partial charge in [0.05, 0.1) is 29.0 Å². The van der Waals surface area contributed by atoms with Gasteiger partial charge in [0.2, 0.25) is 0 Å². The molecule has 1 amide bonds. The normalized spacial score (nSPS) is 13.5. The molecule has 0 saturated heterocycles. The molecule has 0 bridgehead atoms. The Balaban J connectivity index is 1.63. The number of benzene rings is 3. The van der Waals surface area contributed by atoms with Gasteiger partial charge in [-0.05, 0) is 73.5 Å². The van der Waals surface area contributed by atoms with E-state index in [1.165, 1.54) is 12.1 Å². The van der Waals surface area contributed by atoms with Crippen molar-refractivity contribution in [1.82, 2.24) is 9.88 Å². The van der Waals surface area contributed by atoms with E-state index in [4.69, 9.17) is 11.6 Å². The lowest BCUT2D eigenvalue weighted by Gasteiger charge is -2.18. The van der Waals surface area contributed by atoms with Gasteiger partial charge in [-0.2, -0.15) is 13.2 Å². The van der Waals surface area contributed by atoms with Gasteiger partial charge < -0.3 is 15.0 Å². The second-order valence-electron chi connectivity index (χ2n) is 9.76. The first kappa shape index (κ1) is 29.8. The number of rotatable bonds is 9. The first-order chi connectivity index (χ1) is 18.9. The molecule has 2 N–H and O–H groups in total. The van der Waals surface area contributed by atoms with Crippen LogP contribution in [0.15, 0.2) is 71.6 Å². The topological polar surface area (TPSA) is 71.3 Å². The van der Waals surface area contributed by atoms with Crippen molar-refractivity contribution in [1.29, 1.82) is 0 Å². The highest BCUT2D eigenvalue weighted by Crippen LogP contribution is 2.36. The van der Waals surface area contributed by atoms with Gasteiger partial charge >= 0.3 is 6.18 Å². The highest BCUT2D eigenvalue weighted by Gasteiger charge is 2.34. The fraction of sp³-hybridized carbons (Fsp3) is 0.300. The summed E-state index contributed by atoms with van der Waals surface area (Å²) in [6.07, 6.45) is -4.51. The maximum absolute atomic E-state index is 13.7. The monoisotopic (exact) mass is 590 g/mol. The lowest BCUT2D eigenvalue weighted by Crippen LogP contribution is -2.30. The van der Waals surface area contributed by atoms with Crippen molar-refractivity contribution in [3.8, 4) is 0 Å². The minimum absolute atomic E-state index is 0.0178. The molecular weight excluding hydrogens is 561 g/mol. The minimum Gasteiger partial charge on any atom is -0.394 e. The predicted molar refractivity (Wildman–Crippen MR) is 152 cm³/mol. The number of nitrogens with one attached hydrogen (secondary N) is 1. The minimum atomic E-state index is -4.54. The third-order valence-electron chi connectivity index (χ3n) is 6.74. The number of aliphatic hydroxyl groups excluding tert-OH is 1. The summed E-state index contributed by atoms with van der Waals surface area (Å²) < 4.78 is 55.1. The van der Waals surface area contributed by atoms with Crippen LogP contribution in [-0.2, 0) is 23.4 Å². The molecule has 40 heavy (non-hydrogen) atoms. The maximum Gasteiger partial charge on any atom is 0.416 e. The smallest absolute Gasteiger partial charge is 0.394 e. The molecule has 2 atom stereocenters. The second kappa shape index (κ2) is 12.2. The number of nitrogens with zero attached hydrogens (tertiary/aromatic N) is 1. The molecular formula is C30H30ClF3N2O3S. The zero-order chi connectivity index (χ0) is 29.2. The Morgan fingerprint density at radius 1 is 1.05 bits per heavy atom. The van der Waals surface area contributed by atoms with Crippen molar-refractivity contribution in [2.24, 2.45) is 0 Å². The number of alkyl halides is 3. The zero-order valence-corrected chi connectivity index (χ0v) is 23.8. The molecule has 212 valence electrons. The first-order valence-electron chi connectivity index (χ1n) is 12.8. The number of hydrogen-bond donors (Lipinski definition) is 2. The molecule has 0 spiro atoms. The van der Waals surface area contributed by atoms with E-state index in [0.29, 0.717) is 32.9 Å². The van der Waals surface area contributed by atoms with Gasteiger partial charge in [0.25, 0.3) is 5.91 Å². The summed E-state index contributed by atoms with van der Waals surface area (Å²) in [7, 11) is -1.10. The van der Waals surface area contributed by atoms with Crippen LogP contribution in [0.2, 0.25) is 5.02 Å². The van der Waals surface area contributed by atoms with Gasteiger partial charge in [0.15, 0.2) is 0 Å². The highest BCUT2D eigenvalue weighted by atomic mass is 35.5. The lowest BCUT2D eigenvalue weighted by molar-refractivity contribution is -0.138. The van der Waals surface area contributed by atoms with E-state index in [1.54, 1.807) is 48.5 Å². The van der Waals surface area contributed by atoms with Crippen molar-refractivity contribution >= 4 is 39.2 Å². The number of hydrogen-bond acceptors (Lipinski definition) is 3. The molecule has 0 aliphatic heterocycles. The van der Waals surface area contributed by atoms with Crippen molar-refractivity contribution in [2.75, 3.05) is 12.4 Å². The molecule has 5 nitrogen and oxygen atoms in total. The number of aromatic nitrogens is 1. The maximum atomic E-state index is 13.7. The summed E-state index contributed by atoms with van der Waals surface area (Å²) in [4.78, 5) is 13.8. The van der Waals surface area contributed by atoms with E-state index < -0.39 is 34.5 Å². The Kier molecular flexibility index (Phi) is 9.07. The van der Waals surface area contributed by atoms with Crippen LogP contribution in [0.1, 0.15) is 65.6 Å². The number of amides is 1. The molecule has 0 aliphatic carbocycles. The summed E-state index contributed by atoms with van der Waals surface area (Å²) >= 11 is 5.86. The Hall–Kier alpha value is -3.14. The van der Waals surface area contributed by atoms with Crippen LogP contribution in [-0.4, -0.2) is 32.1 Å². The van der Waals surface area contributed by atoms with Crippen molar-refractivity contribution in [3.63, 3.8) is 0 Å². The van der Waals surface area contributed by atoms with Gasteiger partial charge in [0, 0.05) is 50.3 Å². The predicted octanol–water partition coefficient (Wildman–Crippen LogP) is 7.08. The van der Waals surface area contributed by atoms with Crippen molar-refractivity contribution in [3.05, 3.63) is 99.7 Å². The number of fused-ring (bicyclic) bond motifs is 1. The molecule has 1 heterocycles. The molecule has 10 heteroatoms. The van der Waals surface area contributed by atoms with Crippen LogP contribution >= 0.6 is 11.6 Å². The van der Waals surface area contributed by atoms with Gasteiger partial charge in [-0.1, -0.05) is 36.7 Å². The van der Waals surface area contributed by atoms with Crippen LogP contribution in [0.25, 0.3) is 10.9 Å². The van der Waals surface area contributed by atoms with Gasteiger partial charge in [-0.15, -0.1) is 0 Å². The van der Waals surface area contributed by atoms with E-state index in [2.05, 4.69) is 5.32 Å². The average molecular weight is 591 g/mol. The van der Waals surface area contributed by atoms with Gasteiger partial charge in [-0.3, -0.25) is 9.00 Å². The molecule has 4 aromatic rings. The summed E-state index contributed by atoms with van der Waals surface area (Å²) in [5.41, 5.74) is 1.83. The first-order valence-corrected chi connectivity index (χ1v) is 14.5. The Bertz CT molecular complexity index is 1550. The van der Waals surface area contributed by atoms with E-state index in [9.17, 15) is 27.3 Å². The Morgan fingerprint density at radius 3 is 2.35 bits per heavy atom.